The predicted octanol–water partition coefficient (Wildman–Crippen LogP) is 4.54. The van der Waals surface area contributed by atoms with Gasteiger partial charge in [-0.1, -0.05) is 64.8 Å². The van der Waals surface area contributed by atoms with Gasteiger partial charge in [0, 0.05) is 11.5 Å². The minimum atomic E-state index is -1.92. The van der Waals surface area contributed by atoms with E-state index in [1.165, 1.54) is 4.90 Å². The number of imide groups is 2. The number of hydrogen-bond acceptors (Lipinski definition) is 6. The lowest BCUT2D eigenvalue weighted by atomic mass is 9.56. The highest BCUT2D eigenvalue weighted by Gasteiger charge is 2.76. The second-order valence-corrected chi connectivity index (χ2v) is 12.9. The molecule has 6 rings (SSSR count). The second-order valence-electron chi connectivity index (χ2n) is 11.1. The summed E-state index contributed by atoms with van der Waals surface area (Å²) in [6, 6.07) is 14.3. The van der Waals surface area contributed by atoms with Crippen LogP contribution in [0.5, 0.6) is 5.75 Å². The Morgan fingerprint density at radius 1 is 1.00 bits per heavy atom. The Hall–Kier alpha value is -2.72. The van der Waals surface area contributed by atoms with Crippen molar-refractivity contribution in [3.05, 3.63) is 71.3 Å². The van der Waals surface area contributed by atoms with Gasteiger partial charge in [-0.05, 0) is 48.9 Å². The number of aliphatic hydroxyl groups is 1. The summed E-state index contributed by atoms with van der Waals surface area (Å²) >= 11 is 17.8. The lowest BCUT2D eigenvalue weighted by Crippen LogP contribution is -2.60. The van der Waals surface area contributed by atoms with Crippen molar-refractivity contribution in [3.63, 3.8) is 0 Å². The summed E-state index contributed by atoms with van der Waals surface area (Å²) in [6.45, 7) is 1.79. The van der Waals surface area contributed by atoms with Crippen LogP contribution in [0, 0.1) is 17.8 Å². The van der Waals surface area contributed by atoms with Gasteiger partial charge in [0.2, 0.25) is 11.8 Å². The zero-order valence-electron chi connectivity index (χ0n) is 22.8. The predicted molar refractivity (Wildman–Crippen MR) is 161 cm³/mol. The highest BCUT2D eigenvalue weighted by atomic mass is 79.9. The summed E-state index contributed by atoms with van der Waals surface area (Å²) < 4.78 is 5.85. The molecule has 2 aliphatic heterocycles. The summed E-state index contributed by atoms with van der Waals surface area (Å²) in [5.74, 6) is -4.56. The van der Waals surface area contributed by atoms with Crippen molar-refractivity contribution in [2.24, 2.45) is 17.8 Å². The molecule has 1 saturated carbocycles. The number of carbonyl (C=O) groups is 4. The largest absolute Gasteiger partial charge is 0.491 e. The summed E-state index contributed by atoms with van der Waals surface area (Å²) in [5, 5.41) is 9.44. The molecule has 0 radical (unpaired) electrons. The first-order valence-electron chi connectivity index (χ1n) is 13.9. The zero-order chi connectivity index (χ0) is 30.0. The Kier molecular flexibility index (Phi) is 7.53. The summed E-state index contributed by atoms with van der Waals surface area (Å²) in [7, 11) is 0. The first-order valence-corrected chi connectivity index (χ1v) is 15.8. The van der Waals surface area contributed by atoms with Crippen LogP contribution in [-0.2, 0) is 25.6 Å². The number of likely N-dealkylation sites (tertiary alicyclic amines) is 1. The number of fused-ring (bicyclic) bond motifs is 4. The number of anilines is 1. The molecule has 6 unspecified atom stereocenters. The van der Waals surface area contributed by atoms with Gasteiger partial charge in [0.25, 0.3) is 11.8 Å². The van der Waals surface area contributed by atoms with Gasteiger partial charge in [-0.2, -0.15) is 0 Å². The maximum atomic E-state index is 14.1. The van der Waals surface area contributed by atoms with E-state index >= 15 is 0 Å². The normalized spacial score (nSPS) is 32.1. The van der Waals surface area contributed by atoms with Crippen molar-refractivity contribution in [1.82, 2.24) is 4.90 Å². The van der Waals surface area contributed by atoms with Crippen LogP contribution < -0.4 is 9.64 Å². The number of nitrogens with zero attached hydrogens (tertiary/aromatic N) is 2. The van der Waals surface area contributed by atoms with Crippen LogP contribution in [0.1, 0.15) is 36.8 Å². The van der Waals surface area contributed by atoms with Gasteiger partial charge in [-0.15, -0.1) is 23.2 Å². The minimum Gasteiger partial charge on any atom is -0.491 e. The average molecular weight is 676 g/mol. The van der Waals surface area contributed by atoms with E-state index in [1.807, 2.05) is 25.1 Å². The molecule has 2 saturated heterocycles. The second kappa shape index (κ2) is 10.8. The molecule has 4 amide bonds. The van der Waals surface area contributed by atoms with E-state index in [1.54, 1.807) is 36.4 Å². The van der Waals surface area contributed by atoms with Crippen LogP contribution in [-0.4, -0.2) is 62.1 Å². The molecule has 0 aromatic heterocycles. The molecular formula is C31H29BrCl2N2O6. The smallest absolute Gasteiger partial charge is 0.254 e. The maximum Gasteiger partial charge on any atom is 0.254 e. The SMILES string of the molecule is CCc1ccc(N2C(=O)C3CC=C4C(CC5(Cl)C(=O)N(CBr)C(=O)C5(Cl)C4c4ccccc4OCCO)C3C2=O)cc1. The molecule has 3 fully saturated rings. The standard InChI is InChI=1S/C31H29BrCl2N2O6/c1-2-17-7-9-18(10-8-17)36-26(38)21-12-11-19-22(24(21)27(36)39)15-30(33)28(40)35(16-32)29(41)31(30,34)25(19)20-5-3-4-6-23(20)42-14-13-37/h3-11,21-22,24-25,37H,2,12-16H2,1H3. The first kappa shape index (κ1) is 29.4. The Morgan fingerprint density at radius 2 is 1.71 bits per heavy atom. The van der Waals surface area contributed by atoms with Gasteiger partial charge in [0.1, 0.15) is 12.4 Å². The monoisotopic (exact) mass is 674 g/mol. The van der Waals surface area contributed by atoms with Gasteiger partial charge < -0.3 is 9.84 Å². The van der Waals surface area contributed by atoms with Crippen molar-refractivity contribution in [3.8, 4) is 5.75 Å². The molecule has 1 N–H and O–H groups in total. The molecule has 2 aromatic rings. The Labute approximate surface area is 261 Å². The van der Waals surface area contributed by atoms with Crippen LogP contribution in [0.15, 0.2) is 60.2 Å². The molecule has 6 atom stereocenters. The number of alkyl halides is 3. The molecule has 2 heterocycles. The van der Waals surface area contributed by atoms with Gasteiger partial charge in [-0.25, -0.2) is 0 Å². The highest BCUT2D eigenvalue weighted by molar-refractivity contribution is 9.09. The fraction of sp³-hybridized carbons (Fsp3) is 0.419. The van der Waals surface area contributed by atoms with Crippen molar-refractivity contribution >= 4 is 68.4 Å². The molecule has 0 spiro atoms. The van der Waals surface area contributed by atoms with Gasteiger partial charge >= 0.3 is 0 Å². The number of benzene rings is 2. The summed E-state index contributed by atoms with van der Waals surface area (Å²) in [5.41, 5.74) is 2.68. The molecule has 2 aliphatic carbocycles. The number of halogens is 3. The number of carbonyl (C=O) groups excluding carboxylic acids is 4. The maximum absolute atomic E-state index is 14.1. The van der Waals surface area contributed by atoms with Crippen LogP contribution in [0.25, 0.3) is 0 Å². The highest BCUT2D eigenvalue weighted by Crippen LogP contribution is 2.66. The topological polar surface area (TPSA) is 104 Å². The minimum absolute atomic E-state index is 0.00260. The fourth-order valence-corrected chi connectivity index (χ4v) is 8.66. The third kappa shape index (κ3) is 3.96. The Morgan fingerprint density at radius 3 is 2.38 bits per heavy atom. The van der Waals surface area contributed by atoms with Crippen molar-refractivity contribution in [2.45, 2.75) is 41.9 Å². The Balaban J connectivity index is 1.50. The fourth-order valence-electron chi connectivity index (χ4n) is 7.24. The van der Waals surface area contributed by atoms with Crippen molar-refractivity contribution in [2.75, 3.05) is 23.6 Å². The van der Waals surface area contributed by atoms with E-state index in [-0.39, 0.29) is 43.3 Å². The molecule has 8 nitrogen and oxygen atoms in total. The van der Waals surface area contributed by atoms with E-state index in [2.05, 4.69) is 15.9 Å². The van der Waals surface area contributed by atoms with E-state index in [0.717, 1.165) is 16.9 Å². The molecule has 220 valence electrons. The average Bonchev–Trinajstić information content (AvgIpc) is 3.34. The molecule has 4 aliphatic rings. The number of allylic oxidation sites excluding steroid dienone is 2. The van der Waals surface area contributed by atoms with Crippen LogP contribution in [0.3, 0.4) is 0 Å². The van der Waals surface area contributed by atoms with Crippen LogP contribution in [0.2, 0.25) is 0 Å². The van der Waals surface area contributed by atoms with E-state index in [4.69, 9.17) is 27.9 Å². The lowest BCUT2D eigenvalue weighted by Gasteiger charge is -2.51. The van der Waals surface area contributed by atoms with Crippen molar-refractivity contribution < 1.29 is 29.0 Å². The summed E-state index contributed by atoms with van der Waals surface area (Å²) in [4.78, 5) is 54.1. The first-order chi connectivity index (χ1) is 20.1. The number of aliphatic hydroxyl groups excluding tert-OH is 1. The summed E-state index contributed by atoms with van der Waals surface area (Å²) in [6.07, 6.45) is 2.90. The van der Waals surface area contributed by atoms with Crippen LogP contribution >= 0.6 is 39.1 Å². The molecule has 2 aromatic carbocycles. The van der Waals surface area contributed by atoms with Gasteiger partial charge in [-0.3, -0.25) is 29.0 Å². The molecule has 11 heteroatoms. The van der Waals surface area contributed by atoms with Crippen LogP contribution in [0.4, 0.5) is 5.69 Å². The van der Waals surface area contributed by atoms with Crippen molar-refractivity contribution in [1.29, 1.82) is 0 Å². The number of hydrogen-bond donors (Lipinski definition) is 1. The number of ether oxygens (including phenoxy) is 1. The Bertz CT molecular complexity index is 1510. The quantitative estimate of drug-likeness (QED) is 0.200. The number of amides is 4. The van der Waals surface area contributed by atoms with Gasteiger partial charge in [0.15, 0.2) is 9.75 Å². The van der Waals surface area contributed by atoms with E-state index < -0.39 is 45.2 Å². The molecule has 0 bridgehead atoms. The lowest BCUT2D eigenvalue weighted by molar-refractivity contribution is -0.138. The molecular weight excluding hydrogens is 647 g/mol. The molecule has 42 heavy (non-hydrogen) atoms. The van der Waals surface area contributed by atoms with Gasteiger partial charge in [0.05, 0.1) is 29.6 Å². The van der Waals surface area contributed by atoms with E-state index in [0.29, 0.717) is 22.6 Å². The number of para-hydroxylation sites is 1. The third-order valence-electron chi connectivity index (χ3n) is 9.20. The van der Waals surface area contributed by atoms with E-state index in [9.17, 15) is 24.3 Å². The number of rotatable bonds is 7. The number of aryl methyl sites for hydroxylation is 1. The third-order valence-corrected chi connectivity index (χ3v) is 11.1. The zero-order valence-corrected chi connectivity index (χ0v) is 25.9.